The van der Waals surface area contributed by atoms with Gasteiger partial charge in [0.25, 0.3) is 5.91 Å². The monoisotopic (exact) mass is 369 g/mol. The standard InChI is InChI=1S/C17H21Cl2N3O2/c1-9(15-10(2)21-22(5)11(15)3)20-17(23)12(4)24-14-8-6-7-13(18)16(14)19/h6-9,12H,1-5H3,(H,20,23). The summed E-state index contributed by atoms with van der Waals surface area (Å²) >= 11 is 12.0. The summed E-state index contributed by atoms with van der Waals surface area (Å²) in [6, 6.07) is 4.89. The van der Waals surface area contributed by atoms with Crippen LogP contribution in [0.1, 0.15) is 36.8 Å². The summed E-state index contributed by atoms with van der Waals surface area (Å²) in [6.45, 7) is 7.50. The minimum Gasteiger partial charge on any atom is -0.479 e. The number of nitrogens with zero attached hydrogens (tertiary/aromatic N) is 2. The molecule has 1 aromatic carbocycles. The third-order valence-corrected chi connectivity index (χ3v) is 4.75. The lowest BCUT2D eigenvalue weighted by Gasteiger charge is -2.20. The molecule has 0 radical (unpaired) electrons. The highest BCUT2D eigenvalue weighted by Crippen LogP contribution is 2.32. The first-order valence-electron chi connectivity index (χ1n) is 7.63. The summed E-state index contributed by atoms with van der Waals surface area (Å²) in [4.78, 5) is 12.4. The molecule has 1 amide bonds. The maximum Gasteiger partial charge on any atom is 0.261 e. The number of carbonyl (C=O) groups excluding carboxylic acids is 1. The van der Waals surface area contributed by atoms with Gasteiger partial charge in [0.15, 0.2) is 6.10 Å². The summed E-state index contributed by atoms with van der Waals surface area (Å²) in [5.41, 5.74) is 2.93. The lowest BCUT2D eigenvalue weighted by Crippen LogP contribution is -2.38. The van der Waals surface area contributed by atoms with Gasteiger partial charge in [-0.25, -0.2) is 0 Å². The number of aryl methyl sites for hydroxylation is 2. The van der Waals surface area contributed by atoms with Crippen molar-refractivity contribution in [3.63, 3.8) is 0 Å². The van der Waals surface area contributed by atoms with E-state index in [0.29, 0.717) is 15.8 Å². The molecule has 0 fully saturated rings. The van der Waals surface area contributed by atoms with Gasteiger partial charge in [-0.3, -0.25) is 9.48 Å². The number of nitrogens with one attached hydrogen (secondary N) is 1. The fourth-order valence-electron chi connectivity index (χ4n) is 2.64. The van der Waals surface area contributed by atoms with Crippen LogP contribution in [0.3, 0.4) is 0 Å². The van der Waals surface area contributed by atoms with Crippen LogP contribution in [0.25, 0.3) is 0 Å². The predicted octanol–water partition coefficient (Wildman–Crippen LogP) is 3.99. The van der Waals surface area contributed by atoms with E-state index < -0.39 is 6.10 Å². The fraction of sp³-hybridized carbons (Fsp3) is 0.412. The Morgan fingerprint density at radius 3 is 2.54 bits per heavy atom. The second-order valence-corrected chi connectivity index (χ2v) is 6.54. The fourth-order valence-corrected chi connectivity index (χ4v) is 2.97. The van der Waals surface area contributed by atoms with Crippen molar-refractivity contribution in [3.05, 3.63) is 45.2 Å². The van der Waals surface area contributed by atoms with Crippen LogP contribution in [0.4, 0.5) is 0 Å². The van der Waals surface area contributed by atoms with Crippen molar-refractivity contribution in [1.29, 1.82) is 0 Å². The first-order valence-corrected chi connectivity index (χ1v) is 8.39. The Labute approximate surface area is 151 Å². The molecular formula is C17H21Cl2N3O2. The molecule has 1 N–H and O–H groups in total. The first-order chi connectivity index (χ1) is 11.2. The van der Waals surface area contributed by atoms with E-state index in [1.807, 2.05) is 27.8 Å². The lowest BCUT2D eigenvalue weighted by molar-refractivity contribution is -0.127. The third-order valence-electron chi connectivity index (χ3n) is 3.95. The molecule has 130 valence electrons. The SMILES string of the molecule is Cc1nn(C)c(C)c1C(C)NC(=O)C(C)Oc1cccc(Cl)c1Cl. The van der Waals surface area contributed by atoms with E-state index in [9.17, 15) is 4.79 Å². The molecule has 0 aliphatic heterocycles. The van der Waals surface area contributed by atoms with Crippen LogP contribution in [0.15, 0.2) is 18.2 Å². The van der Waals surface area contributed by atoms with Gasteiger partial charge < -0.3 is 10.1 Å². The number of rotatable bonds is 5. The van der Waals surface area contributed by atoms with Crippen molar-refractivity contribution >= 4 is 29.1 Å². The number of aromatic nitrogens is 2. The summed E-state index contributed by atoms with van der Waals surface area (Å²) in [5, 5.41) is 8.01. The zero-order valence-corrected chi connectivity index (χ0v) is 15.9. The average molecular weight is 370 g/mol. The van der Waals surface area contributed by atoms with E-state index in [1.54, 1.807) is 29.8 Å². The van der Waals surface area contributed by atoms with Crippen LogP contribution in [-0.4, -0.2) is 21.8 Å². The highest BCUT2D eigenvalue weighted by molar-refractivity contribution is 6.42. The molecule has 1 aromatic heterocycles. The van der Waals surface area contributed by atoms with Crippen molar-refractivity contribution in [3.8, 4) is 5.75 Å². The molecule has 5 nitrogen and oxygen atoms in total. The van der Waals surface area contributed by atoms with E-state index in [4.69, 9.17) is 27.9 Å². The van der Waals surface area contributed by atoms with E-state index >= 15 is 0 Å². The second-order valence-electron chi connectivity index (χ2n) is 5.75. The highest BCUT2D eigenvalue weighted by atomic mass is 35.5. The number of carbonyl (C=O) groups is 1. The lowest BCUT2D eigenvalue weighted by atomic mass is 10.1. The highest BCUT2D eigenvalue weighted by Gasteiger charge is 2.22. The van der Waals surface area contributed by atoms with Crippen LogP contribution >= 0.6 is 23.2 Å². The van der Waals surface area contributed by atoms with Crippen molar-refractivity contribution in [2.45, 2.75) is 39.8 Å². The van der Waals surface area contributed by atoms with Gasteiger partial charge in [0.05, 0.1) is 16.8 Å². The maximum atomic E-state index is 12.4. The number of halogens is 2. The van der Waals surface area contributed by atoms with Crippen LogP contribution in [-0.2, 0) is 11.8 Å². The number of benzene rings is 1. The molecule has 0 aliphatic carbocycles. The molecular weight excluding hydrogens is 349 g/mol. The minimum absolute atomic E-state index is 0.174. The predicted molar refractivity (Wildman–Crippen MR) is 95.8 cm³/mol. The molecule has 2 rings (SSSR count). The summed E-state index contributed by atoms with van der Waals surface area (Å²) in [6.07, 6.45) is -0.708. The van der Waals surface area contributed by atoms with E-state index in [0.717, 1.165) is 17.0 Å². The van der Waals surface area contributed by atoms with Gasteiger partial charge in [-0.2, -0.15) is 5.10 Å². The molecule has 2 aromatic rings. The molecule has 7 heteroatoms. The number of hydrogen-bond donors (Lipinski definition) is 1. The van der Waals surface area contributed by atoms with Crippen LogP contribution in [0.2, 0.25) is 10.0 Å². The number of amides is 1. The normalized spacial score (nSPS) is 13.5. The molecule has 2 unspecified atom stereocenters. The van der Waals surface area contributed by atoms with Gasteiger partial charge in [0, 0.05) is 18.3 Å². The van der Waals surface area contributed by atoms with Crippen molar-refractivity contribution in [1.82, 2.24) is 15.1 Å². The Kier molecular flexibility index (Phi) is 5.78. The molecule has 1 heterocycles. The zero-order chi connectivity index (χ0) is 18.0. The third kappa shape index (κ3) is 3.84. The molecule has 2 atom stereocenters. The van der Waals surface area contributed by atoms with Gasteiger partial charge in [0.1, 0.15) is 10.8 Å². The van der Waals surface area contributed by atoms with E-state index in [-0.39, 0.29) is 11.9 Å². The molecule has 24 heavy (non-hydrogen) atoms. The summed E-state index contributed by atoms with van der Waals surface area (Å²) in [7, 11) is 1.88. The van der Waals surface area contributed by atoms with Gasteiger partial charge in [-0.15, -0.1) is 0 Å². The van der Waals surface area contributed by atoms with Crippen LogP contribution < -0.4 is 10.1 Å². The van der Waals surface area contributed by atoms with Crippen LogP contribution in [0.5, 0.6) is 5.75 Å². The second kappa shape index (κ2) is 7.45. The van der Waals surface area contributed by atoms with Gasteiger partial charge >= 0.3 is 0 Å². The quantitative estimate of drug-likeness (QED) is 0.866. The van der Waals surface area contributed by atoms with Gasteiger partial charge in [-0.05, 0) is 39.8 Å². The Balaban J connectivity index is 2.07. The number of ether oxygens (including phenoxy) is 1. The zero-order valence-electron chi connectivity index (χ0n) is 14.4. The molecule has 0 spiro atoms. The average Bonchev–Trinajstić information content (AvgIpc) is 2.76. The van der Waals surface area contributed by atoms with E-state index in [2.05, 4.69) is 10.4 Å². The van der Waals surface area contributed by atoms with Gasteiger partial charge in [-0.1, -0.05) is 29.3 Å². The Hall–Kier alpha value is -1.72. The van der Waals surface area contributed by atoms with Crippen molar-refractivity contribution in [2.75, 3.05) is 0 Å². The van der Waals surface area contributed by atoms with Crippen molar-refractivity contribution in [2.24, 2.45) is 7.05 Å². The smallest absolute Gasteiger partial charge is 0.261 e. The van der Waals surface area contributed by atoms with Gasteiger partial charge in [0.2, 0.25) is 0 Å². The summed E-state index contributed by atoms with van der Waals surface area (Å²) < 4.78 is 7.45. The Morgan fingerprint density at radius 1 is 1.29 bits per heavy atom. The van der Waals surface area contributed by atoms with Crippen LogP contribution in [0, 0.1) is 13.8 Å². The largest absolute Gasteiger partial charge is 0.479 e. The molecule has 0 saturated heterocycles. The first kappa shape index (κ1) is 18.6. The molecule has 0 bridgehead atoms. The number of hydrogen-bond acceptors (Lipinski definition) is 3. The molecule has 0 saturated carbocycles. The van der Waals surface area contributed by atoms with Crippen molar-refractivity contribution < 1.29 is 9.53 Å². The Morgan fingerprint density at radius 2 is 1.96 bits per heavy atom. The van der Waals surface area contributed by atoms with E-state index in [1.165, 1.54) is 0 Å². The molecule has 0 aliphatic rings. The minimum atomic E-state index is -0.708. The topological polar surface area (TPSA) is 56.2 Å². The Bertz CT molecular complexity index is 759. The summed E-state index contributed by atoms with van der Waals surface area (Å²) in [5.74, 6) is 0.148. The maximum absolute atomic E-state index is 12.4.